The van der Waals surface area contributed by atoms with Gasteiger partial charge in [0, 0.05) is 26.4 Å². The molecule has 0 aliphatic rings. The number of rotatable bonds is 18. The lowest BCUT2D eigenvalue weighted by Gasteiger charge is -2.15. The van der Waals surface area contributed by atoms with Gasteiger partial charge < -0.3 is 29.2 Å². The molecule has 0 aliphatic carbocycles. The molecule has 0 aliphatic heterocycles. The van der Waals surface area contributed by atoms with Crippen LogP contribution < -0.4 is 0 Å². The van der Waals surface area contributed by atoms with Gasteiger partial charge in [-0.1, -0.05) is 0 Å². The Kier molecular flexibility index (Phi) is 15.5. The Bertz CT molecular complexity index is 412. The minimum absolute atomic E-state index is 0.131. The maximum atomic E-state index is 11.3. The van der Waals surface area contributed by atoms with Crippen LogP contribution in [-0.2, 0) is 29.1 Å². The molecule has 9 nitrogen and oxygen atoms in total. The van der Waals surface area contributed by atoms with E-state index in [4.69, 9.17) is 29.2 Å². The van der Waals surface area contributed by atoms with Gasteiger partial charge in [0.05, 0.1) is 32.0 Å². The van der Waals surface area contributed by atoms with Crippen LogP contribution in [0, 0.1) is 0 Å². The molecule has 26 heavy (non-hydrogen) atoms. The van der Waals surface area contributed by atoms with Crippen molar-refractivity contribution >= 4 is 10.1 Å². The largest absolute Gasteiger partial charge is 0.391 e. The van der Waals surface area contributed by atoms with Gasteiger partial charge in [0.25, 0.3) is 10.1 Å². The van der Waals surface area contributed by atoms with Crippen molar-refractivity contribution in [2.45, 2.75) is 57.2 Å². The van der Waals surface area contributed by atoms with Gasteiger partial charge in [-0.05, 0) is 39.5 Å². The quantitative estimate of drug-likeness (QED) is 0.222. The van der Waals surface area contributed by atoms with Gasteiger partial charge in [-0.15, -0.1) is 0 Å². The lowest BCUT2D eigenvalue weighted by atomic mass is 10.3. The molecule has 0 radical (unpaired) electrons. The molecule has 0 heterocycles. The number of hydrogen-bond acceptors (Lipinski definition) is 8. The lowest BCUT2D eigenvalue weighted by molar-refractivity contribution is 0.0225. The molecule has 0 spiro atoms. The fraction of sp³-hybridized carbons (Fsp3) is 1.00. The summed E-state index contributed by atoms with van der Waals surface area (Å²) in [5, 5.41) is 18.0. The summed E-state index contributed by atoms with van der Waals surface area (Å²) in [4.78, 5) is 0. The van der Waals surface area contributed by atoms with Gasteiger partial charge in [-0.3, -0.25) is 4.55 Å². The average Bonchev–Trinajstić information content (AvgIpc) is 2.52. The van der Waals surface area contributed by atoms with E-state index < -0.39 is 27.8 Å². The second-order valence-electron chi connectivity index (χ2n) is 6.12. The fourth-order valence-electron chi connectivity index (χ4n) is 1.92. The molecule has 10 heteroatoms. The molecule has 0 aromatic rings. The van der Waals surface area contributed by atoms with Crippen LogP contribution in [-0.4, -0.2) is 87.1 Å². The Labute approximate surface area is 156 Å². The predicted octanol–water partition coefficient (Wildman–Crippen LogP) is 0.589. The zero-order valence-corrected chi connectivity index (χ0v) is 16.5. The second kappa shape index (κ2) is 15.7. The molecular formula is C16H34O9S. The van der Waals surface area contributed by atoms with E-state index in [1.807, 2.05) is 0 Å². The van der Waals surface area contributed by atoms with Crippen molar-refractivity contribution in [3.63, 3.8) is 0 Å². The molecular weight excluding hydrogens is 368 g/mol. The highest BCUT2D eigenvalue weighted by Gasteiger charge is 2.23. The Balaban J connectivity index is 3.73. The summed E-state index contributed by atoms with van der Waals surface area (Å²) in [6.07, 6.45) is 0.659. The van der Waals surface area contributed by atoms with E-state index in [1.54, 1.807) is 13.8 Å². The van der Waals surface area contributed by atoms with E-state index >= 15 is 0 Å². The van der Waals surface area contributed by atoms with Crippen LogP contribution in [0.25, 0.3) is 0 Å². The van der Waals surface area contributed by atoms with Crippen LogP contribution in [0.1, 0.15) is 39.5 Å². The monoisotopic (exact) mass is 402 g/mol. The molecule has 0 fully saturated rings. The summed E-state index contributed by atoms with van der Waals surface area (Å²) in [6.45, 7) is 5.53. The van der Waals surface area contributed by atoms with Crippen molar-refractivity contribution in [1.82, 2.24) is 0 Å². The molecule has 0 amide bonds. The van der Waals surface area contributed by atoms with Crippen molar-refractivity contribution in [2.75, 3.05) is 46.2 Å². The summed E-state index contributed by atoms with van der Waals surface area (Å²) in [5.41, 5.74) is -1.28. The third-order valence-electron chi connectivity index (χ3n) is 3.09. The van der Waals surface area contributed by atoms with Crippen LogP contribution in [0.2, 0.25) is 0 Å². The Hall–Kier alpha value is -0.330. The first kappa shape index (κ1) is 25.7. The van der Waals surface area contributed by atoms with E-state index in [2.05, 4.69) is 0 Å². The first-order valence-electron chi connectivity index (χ1n) is 8.90. The van der Waals surface area contributed by atoms with E-state index in [0.29, 0.717) is 45.7 Å². The lowest BCUT2D eigenvalue weighted by Crippen LogP contribution is -2.25. The molecule has 0 rings (SSSR count). The Morgan fingerprint density at radius 1 is 0.769 bits per heavy atom. The number of aliphatic hydroxyl groups is 2. The number of hydrogen-bond donors (Lipinski definition) is 3. The molecule has 0 bridgehead atoms. The van der Waals surface area contributed by atoms with Crippen LogP contribution in [0.3, 0.4) is 0 Å². The Morgan fingerprint density at radius 3 is 1.73 bits per heavy atom. The number of aliphatic hydroxyl groups excluding tert-OH is 2. The minimum atomic E-state index is -4.29. The molecule has 3 atom stereocenters. The van der Waals surface area contributed by atoms with Crippen LogP contribution in [0.5, 0.6) is 0 Å². The average molecular weight is 403 g/mol. The normalized spacial score (nSPS) is 15.7. The van der Waals surface area contributed by atoms with Gasteiger partial charge in [-0.25, -0.2) is 0 Å². The first-order chi connectivity index (χ1) is 12.2. The highest BCUT2D eigenvalue weighted by atomic mass is 32.2. The summed E-state index contributed by atoms with van der Waals surface area (Å²) in [7, 11) is -4.29. The van der Waals surface area contributed by atoms with E-state index in [0.717, 1.165) is 0 Å². The molecule has 3 N–H and O–H groups in total. The SMILES string of the molecule is CC(O)COCCCOCCCC(OCCCOCC(C)O)S(=O)(=O)O. The van der Waals surface area contributed by atoms with Crippen molar-refractivity contribution in [3.05, 3.63) is 0 Å². The van der Waals surface area contributed by atoms with E-state index in [-0.39, 0.29) is 26.2 Å². The standard InChI is InChI=1S/C16H34O9S/c1-14(17)12-23-9-4-8-22-7-3-6-16(26(19,20)21)25-11-5-10-24-13-15(2)18/h14-18H,3-13H2,1-2H3,(H,19,20,21). The van der Waals surface area contributed by atoms with Crippen LogP contribution in [0.15, 0.2) is 0 Å². The van der Waals surface area contributed by atoms with E-state index in [1.165, 1.54) is 0 Å². The van der Waals surface area contributed by atoms with Crippen molar-refractivity contribution < 1.29 is 42.1 Å². The highest BCUT2D eigenvalue weighted by Crippen LogP contribution is 2.10. The highest BCUT2D eigenvalue weighted by molar-refractivity contribution is 7.86. The molecule has 0 aromatic heterocycles. The van der Waals surface area contributed by atoms with E-state index in [9.17, 15) is 13.0 Å². The summed E-state index contributed by atoms with van der Waals surface area (Å²) >= 11 is 0. The zero-order chi connectivity index (χ0) is 19.8. The number of ether oxygens (including phenoxy) is 4. The molecule has 0 saturated heterocycles. The molecule has 0 saturated carbocycles. The summed E-state index contributed by atoms with van der Waals surface area (Å²) in [5.74, 6) is 0. The molecule has 0 aromatic carbocycles. The minimum Gasteiger partial charge on any atom is -0.391 e. The van der Waals surface area contributed by atoms with Gasteiger partial charge in [0.15, 0.2) is 5.44 Å². The Morgan fingerprint density at radius 2 is 1.23 bits per heavy atom. The third-order valence-corrected chi connectivity index (χ3v) is 4.13. The first-order valence-corrected chi connectivity index (χ1v) is 10.4. The van der Waals surface area contributed by atoms with Crippen molar-refractivity contribution in [1.29, 1.82) is 0 Å². The zero-order valence-electron chi connectivity index (χ0n) is 15.7. The second-order valence-corrected chi connectivity index (χ2v) is 7.68. The van der Waals surface area contributed by atoms with Crippen LogP contribution in [0.4, 0.5) is 0 Å². The summed E-state index contributed by atoms with van der Waals surface area (Å²) in [6, 6.07) is 0. The van der Waals surface area contributed by atoms with Crippen LogP contribution >= 0.6 is 0 Å². The molecule has 3 unspecified atom stereocenters. The maximum Gasteiger partial charge on any atom is 0.292 e. The van der Waals surface area contributed by atoms with Gasteiger partial charge in [0.1, 0.15) is 0 Å². The van der Waals surface area contributed by atoms with Gasteiger partial charge in [-0.2, -0.15) is 8.42 Å². The smallest absolute Gasteiger partial charge is 0.292 e. The van der Waals surface area contributed by atoms with Crippen molar-refractivity contribution in [2.24, 2.45) is 0 Å². The summed E-state index contributed by atoms with van der Waals surface area (Å²) < 4.78 is 52.8. The fourth-order valence-corrected chi connectivity index (χ4v) is 2.65. The van der Waals surface area contributed by atoms with Gasteiger partial charge in [0.2, 0.25) is 0 Å². The maximum absolute atomic E-state index is 11.3. The molecule has 158 valence electrons. The predicted molar refractivity (Wildman–Crippen MR) is 95.6 cm³/mol. The van der Waals surface area contributed by atoms with Crippen molar-refractivity contribution in [3.8, 4) is 0 Å². The third kappa shape index (κ3) is 17.1. The van der Waals surface area contributed by atoms with Gasteiger partial charge >= 0.3 is 0 Å². The topological polar surface area (TPSA) is 132 Å².